The average Bonchev–Trinajstić information content (AvgIpc) is 3.25. The predicted molar refractivity (Wildman–Crippen MR) is 111 cm³/mol. The van der Waals surface area contributed by atoms with Gasteiger partial charge in [-0.1, -0.05) is 18.2 Å². The standard InChI is InChI=1S/C23H22FNO3S/c1-14-21(25-23(29-14)17-4-3-5-18(24)12-17)10-11-27-19-7-8-20-16(13-19)6-9-22(20)28-15(2)26/h3-5,7-8,12-13,22H,6,9-11H2,1-2H3. The van der Waals surface area contributed by atoms with Gasteiger partial charge in [0.25, 0.3) is 0 Å². The Bertz CT molecular complexity index is 1050. The Morgan fingerprint density at radius 3 is 2.93 bits per heavy atom. The highest BCUT2D eigenvalue weighted by Crippen LogP contribution is 2.36. The first-order chi connectivity index (χ1) is 14.0. The monoisotopic (exact) mass is 411 g/mol. The smallest absolute Gasteiger partial charge is 0.303 e. The number of rotatable bonds is 6. The van der Waals surface area contributed by atoms with Crippen LogP contribution in [0.1, 0.15) is 41.1 Å². The molecule has 150 valence electrons. The van der Waals surface area contributed by atoms with Crippen molar-refractivity contribution in [2.45, 2.75) is 39.2 Å². The highest BCUT2D eigenvalue weighted by atomic mass is 32.1. The minimum Gasteiger partial charge on any atom is -0.493 e. The maximum absolute atomic E-state index is 13.5. The highest BCUT2D eigenvalue weighted by Gasteiger charge is 2.25. The molecule has 0 fully saturated rings. The summed E-state index contributed by atoms with van der Waals surface area (Å²) in [6.07, 6.45) is 2.24. The maximum Gasteiger partial charge on any atom is 0.303 e. The lowest BCUT2D eigenvalue weighted by Crippen LogP contribution is -2.05. The second-order valence-electron chi connectivity index (χ2n) is 7.13. The van der Waals surface area contributed by atoms with Crippen LogP contribution in [0.4, 0.5) is 4.39 Å². The Labute approximate surface area is 173 Å². The van der Waals surface area contributed by atoms with Gasteiger partial charge in [0.05, 0.1) is 12.3 Å². The van der Waals surface area contributed by atoms with E-state index in [0.29, 0.717) is 13.0 Å². The Hall–Kier alpha value is -2.73. The van der Waals surface area contributed by atoms with Crippen molar-refractivity contribution >= 4 is 17.3 Å². The van der Waals surface area contributed by atoms with E-state index in [1.807, 2.05) is 31.2 Å². The summed E-state index contributed by atoms with van der Waals surface area (Å²) in [4.78, 5) is 17.0. The third-order valence-electron chi connectivity index (χ3n) is 5.02. The first-order valence-electron chi connectivity index (χ1n) is 9.64. The summed E-state index contributed by atoms with van der Waals surface area (Å²) in [6, 6.07) is 12.5. The number of fused-ring (bicyclic) bond motifs is 1. The van der Waals surface area contributed by atoms with Gasteiger partial charge in [0.1, 0.15) is 22.7 Å². The molecule has 1 unspecified atom stereocenters. The van der Waals surface area contributed by atoms with Crippen LogP contribution in [-0.2, 0) is 22.4 Å². The number of aryl methyl sites for hydroxylation is 2. The third kappa shape index (κ3) is 4.48. The Balaban J connectivity index is 1.38. The van der Waals surface area contributed by atoms with E-state index < -0.39 is 0 Å². The van der Waals surface area contributed by atoms with Gasteiger partial charge in [-0.05, 0) is 55.2 Å². The minimum atomic E-state index is -0.257. The molecule has 0 saturated carbocycles. The quantitative estimate of drug-likeness (QED) is 0.508. The third-order valence-corrected chi connectivity index (χ3v) is 6.08. The average molecular weight is 411 g/mol. The zero-order valence-electron chi connectivity index (χ0n) is 16.4. The van der Waals surface area contributed by atoms with Crippen LogP contribution >= 0.6 is 11.3 Å². The van der Waals surface area contributed by atoms with Gasteiger partial charge < -0.3 is 9.47 Å². The second-order valence-corrected chi connectivity index (χ2v) is 8.33. The number of esters is 1. The zero-order valence-corrected chi connectivity index (χ0v) is 17.2. The molecule has 4 nitrogen and oxygen atoms in total. The van der Waals surface area contributed by atoms with Gasteiger partial charge in [-0.25, -0.2) is 9.37 Å². The lowest BCUT2D eigenvalue weighted by Gasteiger charge is -2.12. The molecule has 0 saturated heterocycles. The lowest BCUT2D eigenvalue weighted by molar-refractivity contribution is -0.146. The molecule has 1 aliphatic carbocycles. The second kappa shape index (κ2) is 8.33. The molecule has 0 aliphatic heterocycles. The van der Waals surface area contributed by atoms with E-state index in [-0.39, 0.29) is 17.9 Å². The van der Waals surface area contributed by atoms with Crippen LogP contribution in [0.25, 0.3) is 10.6 Å². The summed E-state index contributed by atoms with van der Waals surface area (Å²) in [7, 11) is 0. The van der Waals surface area contributed by atoms with Gasteiger partial charge in [0.15, 0.2) is 0 Å². The van der Waals surface area contributed by atoms with Gasteiger partial charge in [0, 0.05) is 23.8 Å². The molecule has 1 heterocycles. The van der Waals surface area contributed by atoms with E-state index in [0.717, 1.165) is 45.3 Å². The van der Waals surface area contributed by atoms with Crippen molar-refractivity contribution < 1.29 is 18.7 Å². The van der Waals surface area contributed by atoms with E-state index >= 15 is 0 Å². The normalized spacial score (nSPS) is 15.2. The molecule has 4 rings (SSSR count). The number of hydrogen-bond donors (Lipinski definition) is 0. The number of aromatic nitrogens is 1. The van der Waals surface area contributed by atoms with E-state index in [2.05, 4.69) is 4.98 Å². The molecule has 0 spiro atoms. The van der Waals surface area contributed by atoms with Gasteiger partial charge >= 0.3 is 5.97 Å². The molecule has 29 heavy (non-hydrogen) atoms. The number of carbonyl (C=O) groups excluding carboxylic acids is 1. The number of hydrogen-bond acceptors (Lipinski definition) is 5. The fraction of sp³-hybridized carbons (Fsp3) is 0.304. The van der Waals surface area contributed by atoms with Crippen molar-refractivity contribution in [3.05, 3.63) is 70.0 Å². The molecule has 2 aromatic carbocycles. The van der Waals surface area contributed by atoms with Gasteiger partial charge in [-0.3, -0.25) is 4.79 Å². The van der Waals surface area contributed by atoms with E-state index in [1.54, 1.807) is 17.4 Å². The molecule has 1 atom stereocenters. The Morgan fingerprint density at radius 2 is 2.14 bits per heavy atom. The zero-order chi connectivity index (χ0) is 20.4. The number of thiazole rings is 1. The molecule has 1 aliphatic rings. The lowest BCUT2D eigenvalue weighted by atomic mass is 10.1. The van der Waals surface area contributed by atoms with Crippen molar-refractivity contribution in [2.24, 2.45) is 0 Å². The van der Waals surface area contributed by atoms with Crippen LogP contribution in [0.2, 0.25) is 0 Å². The largest absolute Gasteiger partial charge is 0.493 e. The number of ether oxygens (including phenoxy) is 2. The van der Waals surface area contributed by atoms with Crippen LogP contribution in [-0.4, -0.2) is 17.6 Å². The minimum absolute atomic E-state index is 0.143. The molecule has 6 heteroatoms. The first-order valence-corrected chi connectivity index (χ1v) is 10.5. The van der Waals surface area contributed by atoms with Crippen molar-refractivity contribution in [3.63, 3.8) is 0 Å². The van der Waals surface area contributed by atoms with Gasteiger partial charge in [-0.15, -0.1) is 11.3 Å². The van der Waals surface area contributed by atoms with Gasteiger partial charge in [0.2, 0.25) is 0 Å². The van der Waals surface area contributed by atoms with E-state index in [1.165, 1.54) is 24.6 Å². The first kappa shape index (κ1) is 19.6. The molecule has 0 bridgehead atoms. The molecule has 0 N–H and O–H groups in total. The predicted octanol–water partition coefficient (Wildman–Crippen LogP) is 5.43. The highest BCUT2D eigenvalue weighted by molar-refractivity contribution is 7.15. The van der Waals surface area contributed by atoms with E-state index in [4.69, 9.17) is 9.47 Å². The summed E-state index contributed by atoms with van der Waals surface area (Å²) >= 11 is 1.57. The van der Waals surface area contributed by atoms with Crippen molar-refractivity contribution in [3.8, 4) is 16.3 Å². The molecule has 1 aromatic heterocycles. The maximum atomic E-state index is 13.5. The molecular weight excluding hydrogens is 389 g/mol. The van der Waals surface area contributed by atoms with Crippen molar-refractivity contribution in [1.82, 2.24) is 4.98 Å². The molecule has 3 aromatic rings. The summed E-state index contributed by atoms with van der Waals surface area (Å²) in [6.45, 7) is 3.98. The molecular formula is C23H22FNO3S. The summed E-state index contributed by atoms with van der Waals surface area (Å²) in [5.41, 5.74) is 4.02. The van der Waals surface area contributed by atoms with Crippen LogP contribution in [0, 0.1) is 12.7 Å². The van der Waals surface area contributed by atoms with Gasteiger partial charge in [-0.2, -0.15) is 0 Å². The SMILES string of the molecule is CC(=O)OC1CCc2cc(OCCc3nc(-c4cccc(F)c4)sc3C)ccc21. The van der Waals surface area contributed by atoms with Crippen LogP contribution in [0.3, 0.4) is 0 Å². The van der Waals surface area contributed by atoms with Crippen LogP contribution < -0.4 is 4.74 Å². The van der Waals surface area contributed by atoms with Crippen LogP contribution in [0.5, 0.6) is 5.75 Å². The summed E-state index contributed by atoms with van der Waals surface area (Å²) < 4.78 is 24.8. The Kier molecular flexibility index (Phi) is 5.62. The molecule has 0 amide bonds. The number of halogens is 1. The fourth-order valence-electron chi connectivity index (χ4n) is 3.64. The number of nitrogens with zero attached hydrogens (tertiary/aromatic N) is 1. The Morgan fingerprint density at radius 1 is 1.28 bits per heavy atom. The molecule has 0 radical (unpaired) electrons. The summed E-state index contributed by atoms with van der Waals surface area (Å²) in [5, 5.41) is 0.825. The van der Waals surface area contributed by atoms with Crippen molar-refractivity contribution in [2.75, 3.05) is 6.61 Å². The summed E-state index contributed by atoms with van der Waals surface area (Å²) in [5.74, 6) is 0.303. The van der Waals surface area contributed by atoms with Crippen LogP contribution in [0.15, 0.2) is 42.5 Å². The number of benzene rings is 2. The fourth-order valence-corrected chi connectivity index (χ4v) is 4.59. The van der Waals surface area contributed by atoms with Crippen molar-refractivity contribution in [1.29, 1.82) is 0 Å². The topological polar surface area (TPSA) is 48.4 Å². The number of carbonyl (C=O) groups is 1. The van der Waals surface area contributed by atoms with E-state index in [9.17, 15) is 9.18 Å².